The van der Waals surface area contributed by atoms with Gasteiger partial charge in [-0.05, 0) is 31.7 Å². The van der Waals surface area contributed by atoms with Crippen LogP contribution in [-0.4, -0.2) is 32.9 Å². The zero-order chi connectivity index (χ0) is 13.3. The molecule has 1 aliphatic carbocycles. The molecule has 2 heterocycles. The normalized spacial score (nSPS) is 25.7. The second kappa shape index (κ2) is 4.89. The summed E-state index contributed by atoms with van der Waals surface area (Å²) in [7, 11) is 0. The van der Waals surface area contributed by atoms with E-state index in [2.05, 4.69) is 9.97 Å². The first kappa shape index (κ1) is 12.5. The Bertz CT molecular complexity index is 456. The Morgan fingerprint density at radius 1 is 1.37 bits per heavy atom. The zero-order valence-corrected chi connectivity index (χ0v) is 11.1. The Morgan fingerprint density at radius 3 is 2.84 bits per heavy atom. The molecule has 102 valence electrons. The van der Waals surface area contributed by atoms with Crippen LogP contribution in [0.1, 0.15) is 50.3 Å². The lowest BCUT2D eigenvalue weighted by atomic mass is 9.96. The van der Waals surface area contributed by atoms with Gasteiger partial charge in [-0.3, -0.25) is 4.79 Å². The first-order valence-corrected chi connectivity index (χ1v) is 7.07. The van der Waals surface area contributed by atoms with Gasteiger partial charge in [0.1, 0.15) is 6.33 Å². The number of hydrogen-bond donors (Lipinski definition) is 1. The van der Waals surface area contributed by atoms with E-state index in [0.29, 0.717) is 0 Å². The van der Waals surface area contributed by atoms with E-state index in [9.17, 15) is 4.79 Å². The minimum absolute atomic E-state index is 0.0801. The Hall–Kier alpha value is -1.49. The number of carbonyl (C=O) groups is 1. The van der Waals surface area contributed by atoms with Crippen LogP contribution in [-0.2, 0) is 4.79 Å². The lowest BCUT2D eigenvalue weighted by Gasteiger charge is -2.32. The van der Waals surface area contributed by atoms with Crippen LogP contribution >= 0.6 is 0 Å². The Balaban J connectivity index is 1.82. The van der Waals surface area contributed by atoms with Gasteiger partial charge in [-0.1, -0.05) is 12.8 Å². The van der Waals surface area contributed by atoms with Crippen molar-refractivity contribution in [2.24, 2.45) is 5.73 Å². The maximum Gasteiger partial charge on any atom is 0.243 e. The largest absolute Gasteiger partial charge is 0.332 e. The van der Waals surface area contributed by atoms with Gasteiger partial charge in [-0.2, -0.15) is 0 Å². The van der Waals surface area contributed by atoms with Crippen molar-refractivity contribution in [2.75, 3.05) is 6.54 Å². The van der Waals surface area contributed by atoms with Crippen molar-refractivity contribution in [1.29, 1.82) is 0 Å². The van der Waals surface area contributed by atoms with Crippen LogP contribution in [0, 0.1) is 0 Å². The molecule has 0 aromatic carbocycles. The van der Waals surface area contributed by atoms with Gasteiger partial charge >= 0.3 is 0 Å². The predicted molar refractivity (Wildman–Crippen MR) is 71.1 cm³/mol. The lowest BCUT2D eigenvalue weighted by Crippen LogP contribution is -2.53. The summed E-state index contributed by atoms with van der Waals surface area (Å²) >= 11 is 0. The van der Waals surface area contributed by atoms with Crippen LogP contribution < -0.4 is 5.73 Å². The van der Waals surface area contributed by atoms with Gasteiger partial charge < -0.3 is 10.6 Å². The van der Waals surface area contributed by atoms with E-state index in [1.54, 1.807) is 12.5 Å². The molecule has 1 amide bonds. The van der Waals surface area contributed by atoms with Crippen molar-refractivity contribution < 1.29 is 4.79 Å². The number of likely N-dealkylation sites (tertiary alicyclic amines) is 1. The fourth-order valence-corrected chi connectivity index (χ4v) is 3.32. The highest BCUT2D eigenvalue weighted by atomic mass is 16.2. The molecule has 1 saturated carbocycles. The topological polar surface area (TPSA) is 72.1 Å². The maximum atomic E-state index is 12.7. The molecule has 0 bridgehead atoms. The first-order chi connectivity index (χ1) is 9.21. The molecule has 2 aliphatic rings. The number of hydrogen-bond acceptors (Lipinski definition) is 4. The predicted octanol–water partition coefficient (Wildman–Crippen LogP) is 1.41. The number of aromatic nitrogens is 2. The molecule has 19 heavy (non-hydrogen) atoms. The van der Waals surface area contributed by atoms with Crippen molar-refractivity contribution in [2.45, 2.75) is 50.1 Å². The monoisotopic (exact) mass is 260 g/mol. The highest BCUT2D eigenvalue weighted by Crippen LogP contribution is 2.36. The molecule has 1 aromatic heterocycles. The van der Waals surface area contributed by atoms with Gasteiger partial charge in [0, 0.05) is 12.7 Å². The summed E-state index contributed by atoms with van der Waals surface area (Å²) in [5.41, 5.74) is 6.60. The number of amides is 1. The molecule has 1 aromatic rings. The van der Waals surface area contributed by atoms with Gasteiger partial charge in [-0.15, -0.1) is 0 Å². The second-order valence-corrected chi connectivity index (χ2v) is 5.65. The van der Waals surface area contributed by atoms with E-state index < -0.39 is 5.54 Å². The van der Waals surface area contributed by atoms with Crippen molar-refractivity contribution in [3.8, 4) is 0 Å². The molecule has 1 atom stereocenters. The van der Waals surface area contributed by atoms with Crippen molar-refractivity contribution >= 4 is 5.91 Å². The van der Waals surface area contributed by atoms with Crippen LogP contribution in [0.3, 0.4) is 0 Å². The van der Waals surface area contributed by atoms with E-state index in [1.807, 2.05) is 11.0 Å². The standard InChI is InChI=1S/C14H20N4O/c15-14(6-1-2-7-14)13(19)18-9-3-4-12(18)11-5-8-16-10-17-11/h5,8,10,12H,1-4,6-7,9,15H2. The number of carbonyl (C=O) groups excluding carboxylic acids is 1. The number of nitrogens with two attached hydrogens (primary N) is 1. The third kappa shape index (κ3) is 2.23. The van der Waals surface area contributed by atoms with Gasteiger partial charge in [0.15, 0.2) is 0 Å². The fraction of sp³-hybridized carbons (Fsp3) is 0.643. The minimum Gasteiger partial charge on any atom is -0.332 e. The summed E-state index contributed by atoms with van der Waals surface area (Å²) in [6.07, 6.45) is 9.04. The molecule has 5 heteroatoms. The Morgan fingerprint density at radius 2 is 2.16 bits per heavy atom. The average Bonchev–Trinajstić information content (AvgIpc) is 3.08. The summed E-state index contributed by atoms with van der Waals surface area (Å²) in [6, 6.07) is 1.98. The minimum atomic E-state index is -0.629. The molecule has 1 unspecified atom stereocenters. The third-order valence-electron chi connectivity index (χ3n) is 4.38. The third-order valence-corrected chi connectivity index (χ3v) is 4.38. The van der Waals surface area contributed by atoms with Crippen molar-refractivity contribution in [3.63, 3.8) is 0 Å². The summed E-state index contributed by atoms with van der Waals surface area (Å²) in [5.74, 6) is 0.117. The Labute approximate surface area is 113 Å². The van der Waals surface area contributed by atoms with Gasteiger partial charge in [0.25, 0.3) is 0 Å². The fourth-order valence-electron chi connectivity index (χ4n) is 3.32. The van der Waals surface area contributed by atoms with Gasteiger partial charge in [0.2, 0.25) is 5.91 Å². The van der Waals surface area contributed by atoms with Crippen LogP contribution in [0.4, 0.5) is 0 Å². The van der Waals surface area contributed by atoms with Crippen molar-refractivity contribution in [3.05, 3.63) is 24.3 Å². The average molecular weight is 260 g/mol. The molecule has 1 aliphatic heterocycles. The van der Waals surface area contributed by atoms with E-state index in [0.717, 1.165) is 50.8 Å². The molecule has 5 nitrogen and oxygen atoms in total. The van der Waals surface area contributed by atoms with Gasteiger partial charge in [-0.25, -0.2) is 9.97 Å². The first-order valence-electron chi connectivity index (χ1n) is 7.07. The van der Waals surface area contributed by atoms with Crippen molar-refractivity contribution in [1.82, 2.24) is 14.9 Å². The molecular formula is C14H20N4O. The molecule has 2 fully saturated rings. The number of nitrogens with zero attached hydrogens (tertiary/aromatic N) is 3. The lowest BCUT2D eigenvalue weighted by molar-refractivity contribution is -0.137. The summed E-state index contributed by atoms with van der Waals surface area (Å²) in [6.45, 7) is 0.798. The molecular weight excluding hydrogens is 240 g/mol. The van der Waals surface area contributed by atoms with E-state index in [4.69, 9.17) is 5.73 Å². The zero-order valence-electron chi connectivity index (χ0n) is 11.1. The SMILES string of the molecule is NC1(C(=O)N2CCCC2c2ccncn2)CCCC1. The van der Waals surface area contributed by atoms with Crippen LogP contribution in [0.15, 0.2) is 18.6 Å². The maximum absolute atomic E-state index is 12.7. The molecule has 2 N–H and O–H groups in total. The molecule has 0 radical (unpaired) electrons. The van der Waals surface area contributed by atoms with Crippen LogP contribution in [0.25, 0.3) is 0 Å². The quantitative estimate of drug-likeness (QED) is 0.872. The highest BCUT2D eigenvalue weighted by Gasteiger charge is 2.43. The second-order valence-electron chi connectivity index (χ2n) is 5.65. The van der Waals surface area contributed by atoms with Crippen LogP contribution in [0.2, 0.25) is 0 Å². The Kier molecular flexibility index (Phi) is 3.22. The van der Waals surface area contributed by atoms with E-state index in [-0.39, 0.29) is 11.9 Å². The molecule has 1 saturated heterocycles. The van der Waals surface area contributed by atoms with E-state index in [1.165, 1.54) is 0 Å². The molecule has 0 spiro atoms. The summed E-state index contributed by atoms with van der Waals surface area (Å²) in [4.78, 5) is 22.9. The summed E-state index contributed by atoms with van der Waals surface area (Å²) < 4.78 is 0. The molecule has 3 rings (SSSR count). The number of rotatable bonds is 2. The highest BCUT2D eigenvalue weighted by molar-refractivity contribution is 5.87. The summed E-state index contributed by atoms with van der Waals surface area (Å²) in [5, 5.41) is 0. The van der Waals surface area contributed by atoms with Crippen LogP contribution in [0.5, 0.6) is 0 Å². The van der Waals surface area contributed by atoms with E-state index >= 15 is 0 Å². The smallest absolute Gasteiger partial charge is 0.243 e. The van der Waals surface area contributed by atoms with Gasteiger partial charge in [0.05, 0.1) is 17.3 Å².